The molecule has 0 aromatic carbocycles. The normalized spacial score (nSPS) is 16.3. The Morgan fingerprint density at radius 2 is 2.42 bits per heavy atom. The van der Waals surface area contributed by atoms with Crippen molar-refractivity contribution in [3.8, 4) is 0 Å². The fraction of sp³-hybridized carbons (Fsp3) is 0.500. The van der Waals surface area contributed by atoms with Gasteiger partial charge in [0.1, 0.15) is 0 Å². The minimum atomic E-state index is -0.317. The summed E-state index contributed by atoms with van der Waals surface area (Å²) < 4.78 is 4.48. The molecule has 1 aliphatic rings. The second kappa shape index (κ2) is 3.38. The van der Waals surface area contributed by atoms with Gasteiger partial charge in [0, 0.05) is 19.2 Å². The van der Waals surface area contributed by atoms with Crippen molar-refractivity contribution in [1.82, 2.24) is 4.90 Å². The van der Waals surface area contributed by atoms with Gasteiger partial charge in [-0.3, -0.25) is 9.59 Å². The number of methoxy groups -OCH3 is 1. The lowest BCUT2D eigenvalue weighted by atomic mass is 10.3. The number of nitrogens with zero attached hydrogens (tertiary/aromatic N) is 1. The van der Waals surface area contributed by atoms with E-state index in [4.69, 9.17) is 0 Å². The van der Waals surface area contributed by atoms with Crippen molar-refractivity contribution in [2.24, 2.45) is 0 Å². The number of carbonyl (C=O) groups is 2. The van der Waals surface area contributed by atoms with Crippen molar-refractivity contribution in [2.75, 3.05) is 14.2 Å². The first-order chi connectivity index (χ1) is 5.65. The van der Waals surface area contributed by atoms with E-state index in [1.807, 2.05) is 0 Å². The summed E-state index contributed by atoms with van der Waals surface area (Å²) in [5.74, 6) is -0.295. The molecule has 4 heteroatoms. The first kappa shape index (κ1) is 8.77. The molecule has 0 aliphatic carbocycles. The van der Waals surface area contributed by atoms with Crippen LogP contribution in [0.5, 0.6) is 0 Å². The second-order valence-corrected chi connectivity index (χ2v) is 2.61. The van der Waals surface area contributed by atoms with E-state index in [1.54, 1.807) is 13.1 Å². The first-order valence-corrected chi connectivity index (χ1v) is 3.67. The zero-order valence-corrected chi connectivity index (χ0v) is 7.16. The topological polar surface area (TPSA) is 46.6 Å². The molecule has 0 saturated carbocycles. The maximum Gasteiger partial charge on any atom is 0.311 e. The van der Waals surface area contributed by atoms with Crippen LogP contribution >= 0.6 is 0 Å². The molecule has 1 aliphatic heterocycles. The summed E-state index contributed by atoms with van der Waals surface area (Å²) in [5, 5.41) is 0. The van der Waals surface area contributed by atoms with Crippen molar-refractivity contribution in [3.63, 3.8) is 0 Å². The van der Waals surface area contributed by atoms with Crippen LogP contribution in [0.1, 0.15) is 12.8 Å². The minimum absolute atomic E-state index is 0.0221. The third-order valence-corrected chi connectivity index (χ3v) is 1.87. The van der Waals surface area contributed by atoms with Crippen molar-refractivity contribution in [3.05, 3.63) is 11.8 Å². The molecule has 0 aromatic heterocycles. The molecule has 0 unspecified atom stereocenters. The molecule has 0 N–H and O–H groups in total. The third kappa shape index (κ3) is 1.64. The Balaban J connectivity index is 2.54. The SMILES string of the molecule is COC(=O)CC1=CCC(=O)N1C. The summed E-state index contributed by atoms with van der Waals surface area (Å²) in [6.07, 6.45) is 2.32. The highest BCUT2D eigenvalue weighted by Gasteiger charge is 2.21. The zero-order chi connectivity index (χ0) is 9.14. The number of esters is 1. The lowest BCUT2D eigenvalue weighted by Gasteiger charge is -2.12. The molecule has 0 saturated heterocycles. The van der Waals surface area contributed by atoms with E-state index in [9.17, 15) is 9.59 Å². The van der Waals surface area contributed by atoms with E-state index in [0.29, 0.717) is 6.42 Å². The highest BCUT2D eigenvalue weighted by Crippen LogP contribution is 2.17. The van der Waals surface area contributed by atoms with Crippen molar-refractivity contribution in [2.45, 2.75) is 12.8 Å². The Labute approximate surface area is 70.8 Å². The maximum atomic E-state index is 11.0. The standard InChI is InChI=1S/C8H11NO3/c1-9-6(3-4-7(9)10)5-8(11)12-2/h3H,4-5H2,1-2H3. The van der Waals surface area contributed by atoms with Crippen molar-refractivity contribution in [1.29, 1.82) is 0 Å². The molecule has 1 heterocycles. The highest BCUT2D eigenvalue weighted by molar-refractivity contribution is 5.84. The van der Waals surface area contributed by atoms with E-state index in [1.165, 1.54) is 12.0 Å². The largest absolute Gasteiger partial charge is 0.469 e. The van der Waals surface area contributed by atoms with Crippen LogP contribution in [-0.2, 0) is 14.3 Å². The number of carbonyl (C=O) groups excluding carboxylic acids is 2. The van der Waals surface area contributed by atoms with Crippen LogP contribution in [0.4, 0.5) is 0 Å². The number of rotatable bonds is 2. The van der Waals surface area contributed by atoms with E-state index < -0.39 is 0 Å². The Kier molecular flexibility index (Phi) is 2.47. The second-order valence-electron chi connectivity index (χ2n) is 2.61. The van der Waals surface area contributed by atoms with Crippen molar-refractivity contribution >= 4 is 11.9 Å². The third-order valence-electron chi connectivity index (χ3n) is 1.87. The van der Waals surface area contributed by atoms with Gasteiger partial charge in [-0.05, 0) is 0 Å². The number of ether oxygens (including phenoxy) is 1. The van der Waals surface area contributed by atoms with Gasteiger partial charge in [0.05, 0.1) is 13.5 Å². The lowest BCUT2D eigenvalue weighted by Crippen LogP contribution is -2.21. The monoisotopic (exact) mass is 169 g/mol. The number of amides is 1. The van der Waals surface area contributed by atoms with E-state index in [0.717, 1.165) is 5.70 Å². The van der Waals surface area contributed by atoms with Crippen LogP contribution in [-0.4, -0.2) is 30.9 Å². The molecule has 4 nitrogen and oxygen atoms in total. The van der Waals surface area contributed by atoms with E-state index in [-0.39, 0.29) is 18.3 Å². The summed E-state index contributed by atoms with van der Waals surface area (Å²) in [4.78, 5) is 23.3. The highest BCUT2D eigenvalue weighted by atomic mass is 16.5. The van der Waals surface area contributed by atoms with Gasteiger partial charge < -0.3 is 9.64 Å². The van der Waals surface area contributed by atoms with Crippen LogP contribution in [0.15, 0.2) is 11.8 Å². The van der Waals surface area contributed by atoms with E-state index >= 15 is 0 Å². The summed E-state index contributed by atoms with van der Waals surface area (Å²) in [6.45, 7) is 0. The molecule has 0 atom stereocenters. The fourth-order valence-electron chi connectivity index (χ4n) is 1.05. The van der Waals surface area contributed by atoms with Crippen LogP contribution < -0.4 is 0 Å². The number of hydrogen-bond acceptors (Lipinski definition) is 3. The molecule has 0 radical (unpaired) electrons. The summed E-state index contributed by atoms with van der Waals surface area (Å²) >= 11 is 0. The van der Waals surface area contributed by atoms with Gasteiger partial charge in [-0.25, -0.2) is 0 Å². The molecule has 1 rings (SSSR count). The summed E-state index contributed by atoms with van der Waals surface area (Å²) in [5.41, 5.74) is 0.729. The Morgan fingerprint density at radius 1 is 1.75 bits per heavy atom. The van der Waals surface area contributed by atoms with Gasteiger partial charge in [0.15, 0.2) is 0 Å². The number of hydrogen-bond donors (Lipinski definition) is 0. The Morgan fingerprint density at radius 3 is 2.83 bits per heavy atom. The zero-order valence-electron chi connectivity index (χ0n) is 7.16. The average Bonchev–Trinajstić information content (AvgIpc) is 2.36. The average molecular weight is 169 g/mol. The molecular formula is C8H11NO3. The van der Waals surface area contributed by atoms with Crippen LogP contribution in [0.2, 0.25) is 0 Å². The smallest absolute Gasteiger partial charge is 0.311 e. The molecular weight excluding hydrogens is 158 g/mol. The first-order valence-electron chi connectivity index (χ1n) is 3.67. The van der Waals surface area contributed by atoms with Crippen molar-refractivity contribution < 1.29 is 14.3 Å². The van der Waals surface area contributed by atoms with Gasteiger partial charge in [0.25, 0.3) is 0 Å². The molecule has 0 aromatic rings. The predicted octanol–water partition coefficient (Wildman–Crippen LogP) is 0.295. The Hall–Kier alpha value is -1.32. The Bertz CT molecular complexity index is 245. The van der Waals surface area contributed by atoms with Gasteiger partial charge in [-0.2, -0.15) is 0 Å². The molecule has 1 amide bonds. The fourth-order valence-corrected chi connectivity index (χ4v) is 1.05. The van der Waals surface area contributed by atoms with Crippen LogP contribution in [0.3, 0.4) is 0 Å². The van der Waals surface area contributed by atoms with Gasteiger partial charge in [0.2, 0.25) is 5.91 Å². The van der Waals surface area contributed by atoms with E-state index in [2.05, 4.69) is 4.74 Å². The maximum absolute atomic E-state index is 11.0. The van der Waals surface area contributed by atoms with Gasteiger partial charge in [-0.15, -0.1) is 0 Å². The quantitative estimate of drug-likeness (QED) is 0.558. The summed E-state index contributed by atoms with van der Waals surface area (Å²) in [7, 11) is 2.99. The minimum Gasteiger partial charge on any atom is -0.469 e. The van der Waals surface area contributed by atoms with Crippen LogP contribution in [0, 0.1) is 0 Å². The van der Waals surface area contributed by atoms with Gasteiger partial charge >= 0.3 is 5.97 Å². The summed E-state index contributed by atoms with van der Waals surface area (Å²) in [6, 6.07) is 0. The molecule has 66 valence electrons. The molecule has 0 bridgehead atoms. The molecule has 0 spiro atoms. The lowest BCUT2D eigenvalue weighted by molar-refractivity contribution is -0.140. The molecule has 0 fully saturated rings. The predicted molar refractivity (Wildman–Crippen MR) is 42.1 cm³/mol. The van der Waals surface area contributed by atoms with Crippen LogP contribution in [0.25, 0.3) is 0 Å². The van der Waals surface area contributed by atoms with Gasteiger partial charge in [-0.1, -0.05) is 6.08 Å². The molecule has 12 heavy (non-hydrogen) atoms.